The van der Waals surface area contributed by atoms with E-state index in [0.29, 0.717) is 0 Å². The molecule has 2 unspecified atom stereocenters. The van der Waals surface area contributed by atoms with Gasteiger partial charge >= 0.3 is 0 Å². The number of thiazole rings is 1. The average Bonchev–Trinajstić information content (AvgIpc) is 2.75. The minimum atomic E-state index is -0.175. The summed E-state index contributed by atoms with van der Waals surface area (Å²) in [6, 6.07) is 0. The highest BCUT2D eigenvalue weighted by Gasteiger charge is 2.58. The zero-order valence-corrected chi connectivity index (χ0v) is 13.1. The Morgan fingerprint density at radius 3 is 2.84 bits per heavy atom. The van der Waals surface area contributed by atoms with E-state index in [9.17, 15) is 0 Å². The van der Waals surface area contributed by atoms with Gasteiger partial charge in [0.05, 0.1) is 17.3 Å². The molecule has 2 atom stereocenters. The van der Waals surface area contributed by atoms with Gasteiger partial charge in [-0.25, -0.2) is 4.98 Å². The number of aryl methyl sites for hydroxylation is 1. The van der Waals surface area contributed by atoms with Crippen LogP contribution < -0.4 is 11.1 Å². The van der Waals surface area contributed by atoms with Gasteiger partial charge in [-0.3, -0.25) is 0 Å². The Hall–Kier alpha value is -0.490. The van der Waals surface area contributed by atoms with Crippen LogP contribution in [0.3, 0.4) is 0 Å². The van der Waals surface area contributed by atoms with Gasteiger partial charge in [-0.15, -0.1) is 11.3 Å². The number of hydrogen-bond donors (Lipinski definition) is 2. The lowest BCUT2D eigenvalue weighted by Gasteiger charge is -2.59. The van der Waals surface area contributed by atoms with Crippen molar-refractivity contribution < 1.29 is 4.74 Å². The van der Waals surface area contributed by atoms with Crippen LogP contribution >= 0.6 is 11.3 Å². The topological polar surface area (TPSA) is 60.2 Å². The first-order valence-electron chi connectivity index (χ1n) is 6.91. The van der Waals surface area contributed by atoms with E-state index in [2.05, 4.69) is 24.1 Å². The number of nitrogens with zero attached hydrogens (tertiary/aromatic N) is 1. The van der Waals surface area contributed by atoms with Crippen molar-refractivity contribution in [3.8, 4) is 0 Å². The molecule has 1 saturated carbocycles. The van der Waals surface area contributed by atoms with Gasteiger partial charge in [0, 0.05) is 35.5 Å². The maximum Gasteiger partial charge on any atom is 0.0798 e. The molecule has 4 nitrogen and oxygen atoms in total. The molecule has 1 aromatic heterocycles. The molecule has 19 heavy (non-hydrogen) atoms. The maximum atomic E-state index is 6.52. The molecule has 1 aliphatic carbocycles. The summed E-state index contributed by atoms with van der Waals surface area (Å²) >= 11 is 1.70. The second kappa shape index (κ2) is 5.48. The quantitative estimate of drug-likeness (QED) is 0.839. The van der Waals surface area contributed by atoms with Gasteiger partial charge in [0.2, 0.25) is 0 Å². The molecule has 108 valence electrons. The number of rotatable bonds is 6. The Labute approximate surface area is 119 Å². The lowest BCUT2D eigenvalue weighted by atomic mass is 9.54. The molecule has 0 saturated heterocycles. The molecule has 0 radical (unpaired) electrons. The zero-order valence-electron chi connectivity index (χ0n) is 12.3. The standard InChI is InChI=1S/C14H25N3OS/c1-5-18-12-6-14(15,13(12,3)4)8-16-7-11-10(2)17-9-19-11/h9,12,16H,5-8,15H2,1-4H3. The molecule has 5 heteroatoms. The van der Waals surface area contributed by atoms with Crippen molar-refractivity contribution in [2.45, 2.75) is 52.3 Å². The molecule has 0 spiro atoms. The second-order valence-electron chi connectivity index (χ2n) is 5.99. The van der Waals surface area contributed by atoms with Crippen LogP contribution in [0.2, 0.25) is 0 Å². The first-order valence-corrected chi connectivity index (χ1v) is 7.79. The van der Waals surface area contributed by atoms with Crippen LogP contribution in [0.4, 0.5) is 0 Å². The zero-order chi connectivity index (χ0) is 14.1. The third-order valence-electron chi connectivity index (χ3n) is 4.58. The molecule has 1 aromatic rings. The molecule has 0 aromatic carbocycles. The third kappa shape index (κ3) is 2.70. The van der Waals surface area contributed by atoms with Crippen molar-refractivity contribution in [3.05, 3.63) is 16.1 Å². The SMILES string of the molecule is CCOC1CC(N)(CNCc2scnc2C)C1(C)C. The second-order valence-corrected chi connectivity index (χ2v) is 6.93. The summed E-state index contributed by atoms with van der Waals surface area (Å²) in [5.41, 5.74) is 9.38. The van der Waals surface area contributed by atoms with Gasteiger partial charge in [-0.1, -0.05) is 13.8 Å². The molecule has 1 fully saturated rings. The minimum absolute atomic E-state index is 0.0265. The van der Waals surface area contributed by atoms with E-state index < -0.39 is 0 Å². The van der Waals surface area contributed by atoms with Crippen molar-refractivity contribution in [3.63, 3.8) is 0 Å². The Balaban J connectivity index is 1.85. The summed E-state index contributed by atoms with van der Waals surface area (Å²) in [4.78, 5) is 5.55. The van der Waals surface area contributed by atoms with Gasteiger partial charge < -0.3 is 15.8 Å². The summed E-state index contributed by atoms with van der Waals surface area (Å²) < 4.78 is 5.74. The van der Waals surface area contributed by atoms with Crippen molar-refractivity contribution in [2.75, 3.05) is 13.2 Å². The van der Waals surface area contributed by atoms with Crippen LogP contribution in [0.1, 0.15) is 37.8 Å². The molecular weight excluding hydrogens is 258 g/mol. The fourth-order valence-electron chi connectivity index (χ4n) is 2.70. The number of ether oxygens (including phenoxy) is 1. The van der Waals surface area contributed by atoms with Crippen molar-refractivity contribution in [1.29, 1.82) is 0 Å². The van der Waals surface area contributed by atoms with Crippen molar-refractivity contribution in [2.24, 2.45) is 11.1 Å². The van der Waals surface area contributed by atoms with Crippen LogP contribution in [0.25, 0.3) is 0 Å². The van der Waals surface area contributed by atoms with Crippen molar-refractivity contribution >= 4 is 11.3 Å². The Bertz CT molecular complexity index is 432. The highest BCUT2D eigenvalue weighted by atomic mass is 32.1. The molecule has 0 aliphatic heterocycles. The van der Waals surface area contributed by atoms with E-state index in [0.717, 1.165) is 31.8 Å². The van der Waals surface area contributed by atoms with Crippen LogP contribution in [-0.2, 0) is 11.3 Å². The highest BCUT2D eigenvalue weighted by Crippen LogP contribution is 2.49. The van der Waals surface area contributed by atoms with Gasteiger partial charge in [0.25, 0.3) is 0 Å². The van der Waals surface area contributed by atoms with Crippen LogP contribution in [0, 0.1) is 12.3 Å². The molecule has 1 heterocycles. The van der Waals surface area contributed by atoms with E-state index in [1.54, 1.807) is 11.3 Å². The molecule has 0 amide bonds. The van der Waals surface area contributed by atoms with Gasteiger partial charge in [0.15, 0.2) is 0 Å². The van der Waals surface area contributed by atoms with Gasteiger partial charge in [-0.2, -0.15) is 0 Å². The van der Waals surface area contributed by atoms with E-state index in [-0.39, 0.29) is 17.1 Å². The number of aromatic nitrogens is 1. The summed E-state index contributed by atoms with van der Waals surface area (Å²) in [7, 11) is 0. The molecule has 3 N–H and O–H groups in total. The van der Waals surface area contributed by atoms with Crippen LogP contribution in [0.5, 0.6) is 0 Å². The molecule has 1 aliphatic rings. The number of hydrogen-bond acceptors (Lipinski definition) is 5. The lowest BCUT2D eigenvalue weighted by Crippen LogP contribution is -2.73. The van der Waals surface area contributed by atoms with Crippen molar-refractivity contribution in [1.82, 2.24) is 10.3 Å². The fourth-order valence-corrected chi connectivity index (χ4v) is 3.45. The first kappa shape index (κ1) is 14.9. The minimum Gasteiger partial charge on any atom is -0.378 e. The average molecular weight is 283 g/mol. The Kier molecular flexibility index (Phi) is 4.30. The van der Waals surface area contributed by atoms with E-state index in [4.69, 9.17) is 10.5 Å². The monoisotopic (exact) mass is 283 g/mol. The number of nitrogens with one attached hydrogen (secondary N) is 1. The third-order valence-corrected chi connectivity index (χ3v) is 5.51. The van der Waals surface area contributed by atoms with Gasteiger partial charge in [0.1, 0.15) is 0 Å². The fraction of sp³-hybridized carbons (Fsp3) is 0.786. The smallest absolute Gasteiger partial charge is 0.0798 e. The largest absolute Gasteiger partial charge is 0.378 e. The number of nitrogens with two attached hydrogens (primary N) is 1. The van der Waals surface area contributed by atoms with Gasteiger partial charge in [-0.05, 0) is 20.3 Å². The Morgan fingerprint density at radius 2 is 2.32 bits per heavy atom. The normalized spacial score (nSPS) is 29.2. The molecular formula is C14H25N3OS. The highest BCUT2D eigenvalue weighted by molar-refractivity contribution is 7.09. The summed E-state index contributed by atoms with van der Waals surface area (Å²) in [5.74, 6) is 0. The molecule has 0 bridgehead atoms. The lowest BCUT2D eigenvalue weighted by molar-refractivity contribution is -0.148. The van der Waals surface area contributed by atoms with E-state index >= 15 is 0 Å². The Morgan fingerprint density at radius 1 is 1.58 bits per heavy atom. The van der Waals surface area contributed by atoms with Crippen LogP contribution in [-0.4, -0.2) is 29.8 Å². The summed E-state index contributed by atoms with van der Waals surface area (Å²) in [5, 5.41) is 3.48. The summed E-state index contributed by atoms with van der Waals surface area (Å²) in [6.07, 6.45) is 1.22. The predicted octanol–water partition coefficient (Wildman–Crippen LogP) is 2.07. The first-order chi connectivity index (χ1) is 8.90. The predicted molar refractivity (Wildman–Crippen MR) is 79.3 cm³/mol. The maximum absolute atomic E-state index is 6.52. The van der Waals surface area contributed by atoms with Crippen LogP contribution in [0.15, 0.2) is 5.51 Å². The van der Waals surface area contributed by atoms with E-state index in [1.165, 1.54) is 4.88 Å². The summed E-state index contributed by atoms with van der Waals surface area (Å²) in [6.45, 7) is 10.9. The molecule has 2 rings (SSSR count). The van der Waals surface area contributed by atoms with E-state index in [1.807, 2.05) is 19.4 Å².